The van der Waals surface area contributed by atoms with Crippen LogP contribution in [0.3, 0.4) is 0 Å². The SMILES string of the molecule is NC(N)=NCCOc1ccc(C(=O)NC[C@H](NC(=O)c2ccc(Br)cc2)C(=O)O)c(O)c1. The molecule has 0 spiro atoms. The Bertz CT molecular complexity index is 1010. The molecular weight excluding hydrogens is 486 g/mol. The van der Waals surface area contributed by atoms with E-state index in [9.17, 15) is 24.6 Å². The second-order valence-electron chi connectivity index (χ2n) is 6.42. The van der Waals surface area contributed by atoms with Gasteiger partial charge in [-0.05, 0) is 36.4 Å². The lowest BCUT2D eigenvalue weighted by molar-refractivity contribution is -0.139. The van der Waals surface area contributed by atoms with E-state index in [2.05, 4.69) is 31.6 Å². The maximum Gasteiger partial charge on any atom is 0.328 e. The third-order valence-corrected chi connectivity index (χ3v) is 4.57. The molecule has 0 saturated heterocycles. The summed E-state index contributed by atoms with van der Waals surface area (Å²) in [5.41, 5.74) is 10.6. The highest BCUT2D eigenvalue weighted by Gasteiger charge is 2.22. The Kier molecular flexibility index (Phi) is 8.83. The first-order valence-electron chi connectivity index (χ1n) is 9.26. The Morgan fingerprint density at radius 2 is 1.78 bits per heavy atom. The lowest BCUT2D eigenvalue weighted by Gasteiger charge is -2.16. The number of amides is 2. The zero-order chi connectivity index (χ0) is 23.7. The number of carbonyl (C=O) groups is 3. The van der Waals surface area contributed by atoms with Crippen LogP contribution < -0.4 is 26.8 Å². The fourth-order valence-electron chi connectivity index (χ4n) is 2.46. The van der Waals surface area contributed by atoms with Gasteiger partial charge >= 0.3 is 5.97 Å². The van der Waals surface area contributed by atoms with Crippen molar-refractivity contribution in [1.29, 1.82) is 0 Å². The van der Waals surface area contributed by atoms with Crippen LogP contribution in [0.15, 0.2) is 51.9 Å². The number of carboxylic acids is 1. The van der Waals surface area contributed by atoms with E-state index in [0.717, 1.165) is 4.47 Å². The molecule has 0 bridgehead atoms. The number of ether oxygens (including phenoxy) is 1. The zero-order valence-electron chi connectivity index (χ0n) is 16.7. The van der Waals surface area contributed by atoms with Crippen molar-refractivity contribution >= 4 is 39.7 Å². The summed E-state index contributed by atoms with van der Waals surface area (Å²) in [6.07, 6.45) is 0. The molecule has 0 saturated carbocycles. The Morgan fingerprint density at radius 3 is 2.38 bits per heavy atom. The third-order valence-electron chi connectivity index (χ3n) is 4.04. The predicted octanol–water partition coefficient (Wildman–Crippen LogP) is 0.420. The molecule has 2 aromatic carbocycles. The van der Waals surface area contributed by atoms with Gasteiger partial charge in [0.15, 0.2) is 5.96 Å². The molecular formula is C20H22BrN5O6. The summed E-state index contributed by atoms with van der Waals surface area (Å²) < 4.78 is 6.12. The van der Waals surface area contributed by atoms with Gasteiger partial charge in [-0.25, -0.2) is 4.79 Å². The molecule has 0 fully saturated rings. The number of aliphatic carboxylic acids is 1. The van der Waals surface area contributed by atoms with E-state index < -0.39 is 30.4 Å². The van der Waals surface area contributed by atoms with Gasteiger partial charge in [0, 0.05) is 22.6 Å². The molecule has 0 unspecified atom stereocenters. The first-order chi connectivity index (χ1) is 15.2. The van der Waals surface area contributed by atoms with E-state index in [1.807, 2.05) is 0 Å². The molecule has 11 nitrogen and oxygen atoms in total. The van der Waals surface area contributed by atoms with Crippen LogP contribution in [0.25, 0.3) is 0 Å². The topological polar surface area (TPSA) is 189 Å². The smallest absolute Gasteiger partial charge is 0.328 e. The molecule has 0 aliphatic heterocycles. The minimum Gasteiger partial charge on any atom is -0.507 e. The Hall–Kier alpha value is -3.80. The molecule has 8 N–H and O–H groups in total. The zero-order valence-corrected chi connectivity index (χ0v) is 18.3. The summed E-state index contributed by atoms with van der Waals surface area (Å²) in [5.74, 6) is -2.81. The van der Waals surface area contributed by atoms with Crippen molar-refractivity contribution in [3.63, 3.8) is 0 Å². The van der Waals surface area contributed by atoms with Gasteiger partial charge in [-0.2, -0.15) is 0 Å². The molecule has 0 heterocycles. The molecule has 12 heteroatoms. The number of rotatable bonds is 10. The van der Waals surface area contributed by atoms with E-state index in [1.54, 1.807) is 12.1 Å². The average molecular weight is 508 g/mol. The standard InChI is InChI=1S/C20H22BrN5O6/c21-12-3-1-11(2-4-12)17(28)26-15(19(30)31)10-25-18(29)14-6-5-13(9-16(14)27)32-8-7-24-20(22)23/h1-6,9,15,27H,7-8,10H2,(H,25,29)(H,26,28)(H,30,31)(H4,22,23,24)/t15-/m0/s1. The molecule has 2 aromatic rings. The molecule has 0 aliphatic rings. The van der Waals surface area contributed by atoms with Gasteiger partial charge in [-0.3, -0.25) is 14.6 Å². The van der Waals surface area contributed by atoms with Crippen LogP contribution in [-0.4, -0.2) is 59.7 Å². The molecule has 170 valence electrons. The number of guanidine groups is 1. The monoisotopic (exact) mass is 507 g/mol. The normalized spacial score (nSPS) is 11.2. The first kappa shape index (κ1) is 24.5. The number of carbonyl (C=O) groups excluding carboxylic acids is 2. The number of aliphatic imine (C=N–C) groups is 1. The molecule has 32 heavy (non-hydrogen) atoms. The van der Waals surface area contributed by atoms with Crippen molar-refractivity contribution in [2.75, 3.05) is 19.7 Å². The summed E-state index contributed by atoms with van der Waals surface area (Å²) in [6, 6.07) is 8.95. The molecule has 0 aliphatic carbocycles. The minimum absolute atomic E-state index is 0.0730. The van der Waals surface area contributed by atoms with Gasteiger partial charge in [0.1, 0.15) is 24.1 Å². The number of nitrogens with zero attached hydrogens (tertiary/aromatic N) is 1. The van der Waals surface area contributed by atoms with Gasteiger partial charge in [0.25, 0.3) is 11.8 Å². The summed E-state index contributed by atoms with van der Waals surface area (Å²) in [6.45, 7) is -0.0260. The van der Waals surface area contributed by atoms with Gasteiger partial charge < -0.3 is 37.1 Å². The van der Waals surface area contributed by atoms with Crippen LogP contribution in [0.2, 0.25) is 0 Å². The largest absolute Gasteiger partial charge is 0.507 e. The number of hydrogen-bond donors (Lipinski definition) is 6. The molecule has 0 aromatic heterocycles. The number of phenols is 1. The number of carboxylic acid groups (broad SMARTS) is 1. The fraction of sp³-hybridized carbons (Fsp3) is 0.200. The van der Waals surface area contributed by atoms with E-state index >= 15 is 0 Å². The third kappa shape index (κ3) is 7.47. The number of halogens is 1. The predicted molar refractivity (Wildman–Crippen MR) is 120 cm³/mol. The van der Waals surface area contributed by atoms with Crippen LogP contribution in [0.5, 0.6) is 11.5 Å². The Balaban J connectivity index is 1.95. The van der Waals surface area contributed by atoms with Gasteiger partial charge in [-0.1, -0.05) is 15.9 Å². The van der Waals surface area contributed by atoms with Crippen molar-refractivity contribution < 1.29 is 29.3 Å². The lowest BCUT2D eigenvalue weighted by atomic mass is 10.1. The average Bonchev–Trinajstić information content (AvgIpc) is 2.74. The number of phenolic OH excluding ortho intramolecular Hbond substituents is 1. The lowest BCUT2D eigenvalue weighted by Crippen LogP contribution is -2.48. The summed E-state index contributed by atoms with van der Waals surface area (Å²) in [7, 11) is 0. The minimum atomic E-state index is -1.38. The van der Waals surface area contributed by atoms with E-state index in [0.29, 0.717) is 0 Å². The number of nitrogens with one attached hydrogen (secondary N) is 2. The number of aromatic hydroxyl groups is 1. The van der Waals surface area contributed by atoms with Gasteiger partial charge in [-0.15, -0.1) is 0 Å². The highest BCUT2D eigenvalue weighted by molar-refractivity contribution is 9.10. The molecule has 0 radical (unpaired) electrons. The van der Waals surface area contributed by atoms with Crippen LogP contribution in [-0.2, 0) is 4.79 Å². The van der Waals surface area contributed by atoms with Crippen LogP contribution >= 0.6 is 15.9 Å². The fourth-order valence-corrected chi connectivity index (χ4v) is 2.73. The Labute approximate surface area is 191 Å². The first-order valence-corrected chi connectivity index (χ1v) is 10.1. The number of hydrogen-bond acceptors (Lipinski definition) is 6. The van der Waals surface area contributed by atoms with E-state index in [-0.39, 0.29) is 41.7 Å². The van der Waals surface area contributed by atoms with Crippen molar-refractivity contribution in [2.45, 2.75) is 6.04 Å². The highest BCUT2D eigenvalue weighted by atomic mass is 79.9. The van der Waals surface area contributed by atoms with Crippen molar-refractivity contribution in [3.05, 3.63) is 58.1 Å². The second-order valence-corrected chi connectivity index (χ2v) is 7.33. The quantitative estimate of drug-likeness (QED) is 0.151. The van der Waals surface area contributed by atoms with Crippen LogP contribution in [0, 0.1) is 0 Å². The number of nitrogens with two attached hydrogens (primary N) is 2. The Morgan fingerprint density at radius 1 is 1.09 bits per heavy atom. The van der Waals surface area contributed by atoms with E-state index in [1.165, 1.54) is 30.3 Å². The molecule has 2 rings (SSSR count). The van der Waals surface area contributed by atoms with Crippen molar-refractivity contribution in [2.24, 2.45) is 16.5 Å². The molecule has 1 atom stereocenters. The van der Waals surface area contributed by atoms with Gasteiger partial charge in [0.05, 0.1) is 12.1 Å². The maximum absolute atomic E-state index is 12.4. The highest BCUT2D eigenvalue weighted by Crippen LogP contribution is 2.23. The summed E-state index contributed by atoms with van der Waals surface area (Å²) in [4.78, 5) is 39.8. The van der Waals surface area contributed by atoms with Crippen LogP contribution in [0.1, 0.15) is 20.7 Å². The second kappa shape index (κ2) is 11.6. The number of benzene rings is 2. The summed E-state index contributed by atoms with van der Waals surface area (Å²) in [5, 5.41) is 24.2. The van der Waals surface area contributed by atoms with E-state index in [4.69, 9.17) is 16.2 Å². The summed E-state index contributed by atoms with van der Waals surface area (Å²) >= 11 is 3.25. The molecule has 2 amide bonds. The van der Waals surface area contributed by atoms with Crippen molar-refractivity contribution in [3.8, 4) is 11.5 Å². The van der Waals surface area contributed by atoms with Crippen LogP contribution in [0.4, 0.5) is 0 Å². The van der Waals surface area contributed by atoms with Crippen molar-refractivity contribution in [1.82, 2.24) is 10.6 Å². The van der Waals surface area contributed by atoms with Gasteiger partial charge in [0.2, 0.25) is 0 Å². The maximum atomic E-state index is 12.4.